The van der Waals surface area contributed by atoms with E-state index in [-0.39, 0.29) is 5.54 Å². The third kappa shape index (κ3) is 6.25. The molecule has 1 aliphatic rings. The predicted octanol–water partition coefficient (Wildman–Crippen LogP) is 3.67. The summed E-state index contributed by atoms with van der Waals surface area (Å²) in [5.74, 6) is 1.54. The van der Waals surface area contributed by atoms with Gasteiger partial charge in [-0.25, -0.2) is 0 Å². The maximum Gasteiger partial charge on any atom is 0.0593 e. The Hall–Kier alpha value is -0.120. The van der Waals surface area contributed by atoms with E-state index in [4.69, 9.17) is 10.5 Å². The zero-order valence-corrected chi connectivity index (χ0v) is 14.9. The Morgan fingerprint density at radius 3 is 2.62 bits per heavy atom. The molecule has 1 saturated carbocycles. The fourth-order valence-electron chi connectivity index (χ4n) is 3.69. The van der Waals surface area contributed by atoms with Crippen LogP contribution in [0.3, 0.4) is 0 Å². The van der Waals surface area contributed by atoms with Crippen LogP contribution < -0.4 is 5.73 Å². The molecule has 0 heterocycles. The third-order valence-electron chi connectivity index (χ3n) is 4.96. The summed E-state index contributed by atoms with van der Waals surface area (Å²) in [6.07, 6.45) is 7.57. The van der Waals surface area contributed by atoms with Crippen molar-refractivity contribution in [3.8, 4) is 0 Å². The van der Waals surface area contributed by atoms with E-state index in [1.165, 1.54) is 32.1 Å². The topological polar surface area (TPSA) is 38.5 Å². The second kappa shape index (κ2) is 9.81. The molecule has 1 aliphatic carbocycles. The fraction of sp³-hybridized carbons (Fsp3) is 1.00. The standard InChI is InChI=1S/C18H38N2O/c1-5-10-20(11-13-21-12-8-16(2)3)18(15-19)9-6-7-17(4)14-18/h16-17H,5-15,19H2,1-4H3. The van der Waals surface area contributed by atoms with Gasteiger partial charge in [-0.3, -0.25) is 4.90 Å². The highest BCUT2D eigenvalue weighted by molar-refractivity contribution is 4.95. The number of nitrogens with two attached hydrogens (primary N) is 1. The van der Waals surface area contributed by atoms with E-state index in [1.807, 2.05) is 0 Å². The first-order valence-corrected chi connectivity index (χ1v) is 9.07. The summed E-state index contributed by atoms with van der Waals surface area (Å²) >= 11 is 0. The SMILES string of the molecule is CCCN(CCOCCC(C)C)C1(CN)CCCC(C)C1. The lowest BCUT2D eigenvalue weighted by molar-refractivity contribution is 0.0102. The molecule has 2 N–H and O–H groups in total. The van der Waals surface area contributed by atoms with Crippen LogP contribution in [-0.2, 0) is 4.74 Å². The highest BCUT2D eigenvalue weighted by atomic mass is 16.5. The van der Waals surface area contributed by atoms with Crippen molar-refractivity contribution in [2.45, 2.75) is 71.8 Å². The van der Waals surface area contributed by atoms with Crippen LogP contribution in [0.2, 0.25) is 0 Å². The Kier molecular flexibility index (Phi) is 8.84. The highest BCUT2D eigenvalue weighted by Crippen LogP contribution is 2.36. The predicted molar refractivity (Wildman–Crippen MR) is 91.6 cm³/mol. The Bertz CT molecular complexity index is 270. The van der Waals surface area contributed by atoms with E-state index in [1.54, 1.807) is 0 Å². The van der Waals surface area contributed by atoms with Crippen LogP contribution in [0.5, 0.6) is 0 Å². The Morgan fingerprint density at radius 1 is 1.29 bits per heavy atom. The summed E-state index contributed by atoms with van der Waals surface area (Å²) in [5.41, 5.74) is 6.45. The molecule has 2 atom stereocenters. The minimum atomic E-state index is 0.231. The van der Waals surface area contributed by atoms with Crippen LogP contribution >= 0.6 is 0 Å². The van der Waals surface area contributed by atoms with Crippen molar-refractivity contribution in [1.29, 1.82) is 0 Å². The fourth-order valence-corrected chi connectivity index (χ4v) is 3.69. The van der Waals surface area contributed by atoms with Crippen molar-refractivity contribution in [2.75, 3.05) is 32.8 Å². The molecule has 0 aliphatic heterocycles. The average molecular weight is 299 g/mol. The Balaban J connectivity index is 2.49. The van der Waals surface area contributed by atoms with Crippen LogP contribution in [0.15, 0.2) is 0 Å². The molecule has 2 unspecified atom stereocenters. The molecule has 3 heteroatoms. The molecule has 21 heavy (non-hydrogen) atoms. The minimum Gasteiger partial charge on any atom is -0.380 e. The van der Waals surface area contributed by atoms with Crippen LogP contribution in [-0.4, -0.2) is 43.3 Å². The van der Waals surface area contributed by atoms with Crippen LogP contribution in [0.4, 0.5) is 0 Å². The van der Waals surface area contributed by atoms with Crippen LogP contribution in [0.1, 0.15) is 66.2 Å². The summed E-state index contributed by atoms with van der Waals surface area (Å²) in [7, 11) is 0. The van der Waals surface area contributed by atoms with Crippen molar-refractivity contribution in [3.05, 3.63) is 0 Å². The number of hydrogen-bond donors (Lipinski definition) is 1. The first-order valence-electron chi connectivity index (χ1n) is 9.07. The molecular weight excluding hydrogens is 260 g/mol. The van der Waals surface area contributed by atoms with Gasteiger partial charge in [0.25, 0.3) is 0 Å². The second-order valence-corrected chi connectivity index (χ2v) is 7.41. The zero-order chi connectivity index (χ0) is 15.7. The quantitative estimate of drug-likeness (QED) is 0.625. The van der Waals surface area contributed by atoms with E-state index in [0.29, 0.717) is 0 Å². The molecule has 0 aromatic carbocycles. The monoisotopic (exact) mass is 298 g/mol. The first kappa shape index (κ1) is 18.9. The maximum absolute atomic E-state index is 6.22. The molecule has 0 radical (unpaired) electrons. The molecule has 0 bridgehead atoms. The van der Waals surface area contributed by atoms with Crippen molar-refractivity contribution in [2.24, 2.45) is 17.6 Å². The van der Waals surface area contributed by atoms with Gasteiger partial charge in [0.05, 0.1) is 6.61 Å². The number of hydrogen-bond acceptors (Lipinski definition) is 3. The van der Waals surface area contributed by atoms with Gasteiger partial charge >= 0.3 is 0 Å². The molecule has 0 spiro atoms. The molecule has 0 aromatic heterocycles. The van der Waals surface area contributed by atoms with Gasteiger partial charge in [-0.15, -0.1) is 0 Å². The summed E-state index contributed by atoms with van der Waals surface area (Å²) < 4.78 is 5.85. The first-order chi connectivity index (χ1) is 10.0. The van der Waals surface area contributed by atoms with E-state index in [9.17, 15) is 0 Å². The maximum atomic E-state index is 6.22. The largest absolute Gasteiger partial charge is 0.380 e. The van der Waals surface area contributed by atoms with Gasteiger partial charge in [0.1, 0.15) is 0 Å². The lowest BCUT2D eigenvalue weighted by Gasteiger charge is -2.48. The second-order valence-electron chi connectivity index (χ2n) is 7.41. The minimum absolute atomic E-state index is 0.231. The number of rotatable bonds is 10. The molecule has 1 fully saturated rings. The highest BCUT2D eigenvalue weighted by Gasteiger charge is 2.38. The number of ether oxygens (including phenoxy) is 1. The zero-order valence-electron chi connectivity index (χ0n) is 14.9. The van der Waals surface area contributed by atoms with Gasteiger partial charge in [-0.2, -0.15) is 0 Å². The Labute approximate surface area is 132 Å². The summed E-state index contributed by atoms with van der Waals surface area (Å²) in [4.78, 5) is 2.64. The van der Waals surface area contributed by atoms with Gasteiger partial charge in [-0.05, 0) is 44.1 Å². The van der Waals surface area contributed by atoms with Crippen LogP contribution in [0, 0.1) is 11.8 Å². The number of nitrogens with zero attached hydrogens (tertiary/aromatic N) is 1. The molecule has 3 nitrogen and oxygen atoms in total. The molecule has 1 rings (SSSR count). The van der Waals surface area contributed by atoms with Gasteiger partial charge in [-0.1, -0.05) is 40.5 Å². The molecule has 0 aromatic rings. The van der Waals surface area contributed by atoms with Gasteiger partial charge in [0, 0.05) is 25.2 Å². The van der Waals surface area contributed by atoms with E-state index >= 15 is 0 Å². The lowest BCUT2D eigenvalue weighted by atomic mass is 9.75. The normalized spacial score (nSPS) is 26.7. The molecular formula is C18H38N2O. The van der Waals surface area contributed by atoms with E-state index in [0.717, 1.165) is 51.1 Å². The van der Waals surface area contributed by atoms with Gasteiger partial charge in [0.15, 0.2) is 0 Å². The van der Waals surface area contributed by atoms with Gasteiger partial charge < -0.3 is 10.5 Å². The lowest BCUT2D eigenvalue weighted by Crippen LogP contribution is -2.57. The summed E-state index contributed by atoms with van der Waals surface area (Å²) in [6.45, 7) is 13.9. The van der Waals surface area contributed by atoms with Crippen molar-refractivity contribution in [1.82, 2.24) is 4.90 Å². The average Bonchev–Trinajstić information content (AvgIpc) is 2.45. The van der Waals surface area contributed by atoms with Crippen LogP contribution in [0.25, 0.3) is 0 Å². The molecule has 0 amide bonds. The van der Waals surface area contributed by atoms with Gasteiger partial charge in [0.2, 0.25) is 0 Å². The molecule has 126 valence electrons. The molecule has 0 saturated heterocycles. The smallest absolute Gasteiger partial charge is 0.0593 e. The summed E-state index contributed by atoms with van der Waals surface area (Å²) in [5, 5.41) is 0. The Morgan fingerprint density at radius 2 is 2.05 bits per heavy atom. The van der Waals surface area contributed by atoms with Crippen molar-refractivity contribution >= 4 is 0 Å². The van der Waals surface area contributed by atoms with Crippen molar-refractivity contribution in [3.63, 3.8) is 0 Å². The van der Waals surface area contributed by atoms with E-state index < -0.39 is 0 Å². The third-order valence-corrected chi connectivity index (χ3v) is 4.96. The van der Waals surface area contributed by atoms with E-state index in [2.05, 4.69) is 32.6 Å². The summed E-state index contributed by atoms with van der Waals surface area (Å²) in [6, 6.07) is 0. The van der Waals surface area contributed by atoms with Crippen molar-refractivity contribution < 1.29 is 4.74 Å².